The van der Waals surface area contributed by atoms with Crippen LogP contribution in [0.1, 0.15) is 19.3 Å². The minimum absolute atomic E-state index is 0.586. The van der Waals surface area contributed by atoms with Gasteiger partial charge in [-0.3, -0.25) is 0 Å². The Morgan fingerprint density at radius 1 is 1.15 bits per heavy atom. The van der Waals surface area contributed by atoms with Crippen LogP contribution >= 0.6 is 0 Å². The van der Waals surface area contributed by atoms with Crippen molar-refractivity contribution in [1.82, 2.24) is 10.0 Å². The van der Waals surface area contributed by atoms with Crippen molar-refractivity contribution in [3.8, 4) is 0 Å². The summed E-state index contributed by atoms with van der Waals surface area (Å²) in [6, 6.07) is 0. The van der Waals surface area contributed by atoms with Crippen molar-refractivity contribution in [1.29, 1.82) is 0 Å². The van der Waals surface area contributed by atoms with Crippen molar-refractivity contribution in [2.75, 3.05) is 40.4 Å². The van der Waals surface area contributed by atoms with Gasteiger partial charge in [0, 0.05) is 40.4 Å². The molecule has 0 aromatic rings. The highest BCUT2D eigenvalue weighted by atomic mass is 16.5. The van der Waals surface area contributed by atoms with Crippen LogP contribution in [-0.4, -0.2) is 50.4 Å². The minimum Gasteiger partial charge on any atom is -0.381 e. The van der Waals surface area contributed by atoms with E-state index in [1.165, 1.54) is 32.4 Å². The van der Waals surface area contributed by atoms with Crippen molar-refractivity contribution in [3.63, 3.8) is 0 Å². The van der Waals surface area contributed by atoms with Crippen LogP contribution in [-0.2, 0) is 4.74 Å². The summed E-state index contributed by atoms with van der Waals surface area (Å²) in [4.78, 5) is 0. The molecule has 1 spiro atoms. The Morgan fingerprint density at radius 2 is 1.85 bits per heavy atom. The first-order valence-electron chi connectivity index (χ1n) is 5.22. The summed E-state index contributed by atoms with van der Waals surface area (Å²) in [6.07, 6.45) is 3.88. The molecular formula is C10H20N2O. The molecule has 2 rings (SSSR count). The third-order valence-corrected chi connectivity index (χ3v) is 3.54. The van der Waals surface area contributed by atoms with Crippen LogP contribution in [0.3, 0.4) is 0 Å². The molecule has 3 heteroatoms. The van der Waals surface area contributed by atoms with Gasteiger partial charge in [0.25, 0.3) is 0 Å². The molecule has 0 aliphatic carbocycles. The Kier molecular flexibility index (Phi) is 2.58. The van der Waals surface area contributed by atoms with Crippen LogP contribution in [0.4, 0.5) is 0 Å². The maximum Gasteiger partial charge on any atom is 0.0471 e. The van der Waals surface area contributed by atoms with Crippen molar-refractivity contribution < 1.29 is 4.74 Å². The Hall–Kier alpha value is -0.120. The van der Waals surface area contributed by atoms with E-state index in [1.54, 1.807) is 0 Å². The number of nitrogens with zero attached hydrogens (tertiary/aromatic N) is 2. The topological polar surface area (TPSA) is 15.7 Å². The van der Waals surface area contributed by atoms with Gasteiger partial charge in [-0.15, -0.1) is 0 Å². The fourth-order valence-electron chi connectivity index (χ4n) is 2.47. The van der Waals surface area contributed by atoms with Crippen LogP contribution in [0.25, 0.3) is 0 Å². The molecule has 76 valence electrons. The molecule has 0 bridgehead atoms. The Balaban J connectivity index is 1.94. The van der Waals surface area contributed by atoms with E-state index in [4.69, 9.17) is 4.74 Å². The minimum atomic E-state index is 0.586. The van der Waals surface area contributed by atoms with E-state index in [-0.39, 0.29) is 0 Å². The smallest absolute Gasteiger partial charge is 0.0471 e. The molecule has 3 nitrogen and oxygen atoms in total. The Morgan fingerprint density at radius 3 is 2.38 bits per heavy atom. The van der Waals surface area contributed by atoms with Crippen molar-refractivity contribution in [2.24, 2.45) is 5.41 Å². The lowest BCUT2D eigenvalue weighted by Crippen LogP contribution is -2.38. The lowest BCUT2D eigenvalue weighted by atomic mass is 9.80. The van der Waals surface area contributed by atoms with Crippen LogP contribution in [0.15, 0.2) is 0 Å². The average molecular weight is 184 g/mol. The van der Waals surface area contributed by atoms with Gasteiger partial charge in [0.05, 0.1) is 0 Å². The zero-order valence-electron chi connectivity index (χ0n) is 8.75. The van der Waals surface area contributed by atoms with Gasteiger partial charge in [-0.2, -0.15) is 0 Å². The van der Waals surface area contributed by atoms with Crippen molar-refractivity contribution in [3.05, 3.63) is 0 Å². The summed E-state index contributed by atoms with van der Waals surface area (Å²) in [6.45, 7) is 4.42. The van der Waals surface area contributed by atoms with Gasteiger partial charge in [0.2, 0.25) is 0 Å². The molecule has 2 heterocycles. The number of hydrogen-bond donors (Lipinski definition) is 0. The molecule has 0 saturated carbocycles. The molecule has 2 fully saturated rings. The summed E-state index contributed by atoms with van der Waals surface area (Å²) in [7, 11) is 4.27. The predicted molar refractivity (Wildman–Crippen MR) is 52.4 cm³/mol. The van der Waals surface area contributed by atoms with Gasteiger partial charge in [-0.05, 0) is 24.7 Å². The number of ether oxygens (including phenoxy) is 1. The molecule has 2 saturated heterocycles. The van der Waals surface area contributed by atoms with Crippen LogP contribution in [0, 0.1) is 5.41 Å². The fourth-order valence-corrected chi connectivity index (χ4v) is 2.47. The highest BCUT2D eigenvalue weighted by Crippen LogP contribution is 2.39. The third kappa shape index (κ3) is 1.87. The molecule has 0 unspecified atom stereocenters. The molecule has 0 atom stereocenters. The maximum atomic E-state index is 5.42. The first-order chi connectivity index (χ1) is 6.22. The normalized spacial score (nSPS) is 28.8. The van der Waals surface area contributed by atoms with Gasteiger partial charge >= 0.3 is 0 Å². The monoisotopic (exact) mass is 184 g/mol. The van der Waals surface area contributed by atoms with Gasteiger partial charge in [0.15, 0.2) is 0 Å². The van der Waals surface area contributed by atoms with E-state index in [0.29, 0.717) is 5.41 Å². The van der Waals surface area contributed by atoms with Gasteiger partial charge in [-0.25, -0.2) is 10.0 Å². The van der Waals surface area contributed by atoms with Crippen LogP contribution in [0.2, 0.25) is 0 Å². The molecule has 2 aliphatic heterocycles. The van der Waals surface area contributed by atoms with Crippen LogP contribution < -0.4 is 0 Å². The standard InChI is InChI=1S/C10H20N2O/c1-11(2)12-6-3-10(9-12)4-7-13-8-5-10/h3-9H2,1-2H3. The number of rotatable bonds is 1. The zero-order valence-corrected chi connectivity index (χ0v) is 8.75. The number of hydrogen-bond acceptors (Lipinski definition) is 3. The van der Waals surface area contributed by atoms with Gasteiger partial charge in [0.1, 0.15) is 0 Å². The summed E-state index contributed by atoms with van der Waals surface area (Å²) < 4.78 is 5.42. The van der Waals surface area contributed by atoms with Crippen LogP contribution in [0.5, 0.6) is 0 Å². The predicted octanol–water partition coefficient (Wildman–Crippen LogP) is 0.966. The number of hydrazine groups is 1. The molecule has 2 aliphatic rings. The molecule has 13 heavy (non-hydrogen) atoms. The molecule has 0 amide bonds. The SMILES string of the molecule is CN(C)N1CCC2(CCOCC2)C1. The fraction of sp³-hybridized carbons (Fsp3) is 1.00. The second kappa shape index (κ2) is 3.56. The molecule has 0 aromatic heterocycles. The lowest BCUT2D eigenvalue weighted by molar-refractivity contribution is -0.00660. The molecule has 0 radical (unpaired) electrons. The highest BCUT2D eigenvalue weighted by Gasteiger charge is 2.39. The van der Waals surface area contributed by atoms with E-state index >= 15 is 0 Å². The second-order valence-corrected chi connectivity index (χ2v) is 4.60. The van der Waals surface area contributed by atoms with Crippen molar-refractivity contribution >= 4 is 0 Å². The Labute approximate surface area is 80.6 Å². The van der Waals surface area contributed by atoms with E-state index in [9.17, 15) is 0 Å². The van der Waals surface area contributed by atoms with E-state index < -0.39 is 0 Å². The van der Waals surface area contributed by atoms with Gasteiger partial charge < -0.3 is 4.74 Å². The van der Waals surface area contributed by atoms with Crippen molar-refractivity contribution in [2.45, 2.75) is 19.3 Å². The van der Waals surface area contributed by atoms with E-state index in [0.717, 1.165) is 13.2 Å². The molecular weight excluding hydrogens is 164 g/mol. The molecule has 0 aromatic carbocycles. The molecule has 0 N–H and O–H groups in total. The van der Waals surface area contributed by atoms with E-state index in [1.807, 2.05) is 0 Å². The summed E-state index contributed by atoms with van der Waals surface area (Å²) in [5.74, 6) is 0. The zero-order chi connectivity index (χ0) is 9.31. The first-order valence-corrected chi connectivity index (χ1v) is 5.22. The first kappa shape index (κ1) is 9.44. The maximum absolute atomic E-state index is 5.42. The average Bonchev–Trinajstić information content (AvgIpc) is 2.51. The largest absolute Gasteiger partial charge is 0.381 e. The summed E-state index contributed by atoms with van der Waals surface area (Å²) in [5.41, 5.74) is 0.586. The summed E-state index contributed by atoms with van der Waals surface area (Å²) in [5, 5.41) is 4.68. The second-order valence-electron chi connectivity index (χ2n) is 4.60. The summed E-state index contributed by atoms with van der Waals surface area (Å²) >= 11 is 0. The highest BCUT2D eigenvalue weighted by molar-refractivity contribution is 4.90. The van der Waals surface area contributed by atoms with Gasteiger partial charge in [-0.1, -0.05) is 0 Å². The lowest BCUT2D eigenvalue weighted by Gasteiger charge is -2.34. The Bertz CT molecular complexity index is 176. The third-order valence-electron chi connectivity index (χ3n) is 3.54. The quantitative estimate of drug-likeness (QED) is 0.604. The van der Waals surface area contributed by atoms with E-state index in [2.05, 4.69) is 24.1 Å².